The van der Waals surface area contributed by atoms with E-state index in [1.807, 2.05) is 24.3 Å². The molecule has 0 bridgehead atoms. The lowest BCUT2D eigenvalue weighted by atomic mass is 9.98. The van der Waals surface area contributed by atoms with Gasteiger partial charge in [0.25, 0.3) is 0 Å². The van der Waals surface area contributed by atoms with E-state index in [1.165, 1.54) is 23.3 Å². The van der Waals surface area contributed by atoms with Gasteiger partial charge in [0.1, 0.15) is 6.61 Å². The van der Waals surface area contributed by atoms with Crippen LogP contribution in [0.1, 0.15) is 22.6 Å². The molecule has 0 radical (unpaired) electrons. The van der Waals surface area contributed by atoms with Crippen molar-refractivity contribution in [2.24, 2.45) is 0 Å². The van der Waals surface area contributed by atoms with Crippen LogP contribution in [0.5, 0.6) is 0 Å². The molecule has 2 amide bonds. The highest BCUT2D eigenvalue weighted by Gasteiger charge is 2.28. The molecule has 35 heavy (non-hydrogen) atoms. The Balaban J connectivity index is 1.33. The molecule has 1 aliphatic carbocycles. The highest BCUT2D eigenvalue weighted by Crippen LogP contribution is 2.44. The number of carboxylic acids is 1. The summed E-state index contributed by atoms with van der Waals surface area (Å²) in [6.45, 7) is 0.328. The molecule has 3 aromatic rings. The lowest BCUT2D eigenvalue weighted by molar-refractivity contribution is -0.131. The fraction of sp³-hybridized carbons (Fsp3) is 0.107. The summed E-state index contributed by atoms with van der Waals surface area (Å²) < 4.78 is 5.57. The molecule has 3 aromatic carbocycles. The van der Waals surface area contributed by atoms with Crippen molar-refractivity contribution in [2.45, 2.75) is 5.92 Å². The number of rotatable bonds is 8. The SMILES string of the molecule is O=C(O)/C=C/CNC(=O)/C=C/c1cccc(NC(=O)OCC2c3ccccc3-c3ccccc32)c1. The number of nitrogens with one attached hydrogen (secondary N) is 2. The highest BCUT2D eigenvalue weighted by atomic mass is 16.5. The van der Waals surface area contributed by atoms with Gasteiger partial charge in [-0.3, -0.25) is 10.1 Å². The second-order valence-electron chi connectivity index (χ2n) is 7.90. The zero-order valence-electron chi connectivity index (χ0n) is 18.8. The first-order valence-corrected chi connectivity index (χ1v) is 11.1. The van der Waals surface area contributed by atoms with Gasteiger partial charge in [0.15, 0.2) is 0 Å². The maximum absolute atomic E-state index is 12.5. The standard InChI is InChI=1S/C28H24N2O5/c31-26(29-16-6-13-27(32)33)15-14-19-7-5-8-20(17-19)30-28(34)35-18-25-23-11-3-1-9-21(23)22-10-2-4-12-24(22)25/h1-15,17,25H,16,18H2,(H,29,31)(H,30,34)(H,32,33)/b13-6+,15-14+. The van der Waals surface area contributed by atoms with Crippen LogP contribution in [0, 0.1) is 0 Å². The first kappa shape index (κ1) is 23.5. The number of fused-ring (bicyclic) bond motifs is 3. The molecule has 0 saturated carbocycles. The summed E-state index contributed by atoms with van der Waals surface area (Å²) in [5.41, 5.74) is 5.86. The van der Waals surface area contributed by atoms with Crippen LogP contribution in [0.3, 0.4) is 0 Å². The summed E-state index contributed by atoms with van der Waals surface area (Å²) in [5, 5.41) is 13.8. The number of carboxylic acid groups (broad SMARTS) is 1. The number of ether oxygens (including phenoxy) is 1. The Hall–Kier alpha value is -4.65. The molecule has 1 aliphatic rings. The normalized spacial score (nSPS) is 12.3. The molecule has 0 aromatic heterocycles. The van der Waals surface area contributed by atoms with Crippen LogP contribution in [0.4, 0.5) is 10.5 Å². The topological polar surface area (TPSA) is 105 Å². The minimum atomic E-state index is -1.07. The number of hydrogen-bond acceptors (Lipinski definition) is 4. The molecule has 176 valence electrons. The Kier molecular flexibility index (Phi) is 7.37. The Morgan fingerprint density at radius 1 is 0.886 bits per heavy atom. The molecular formula is C28H24N2O5. The van der Waals surface area contributed by atoms with Gasteiger partial charge in [-0.25, -0.2) is 9.59 Å². The quantitative estimate of drug-likeness (QED) is 0.411. The zero-order chi connectivity index (χ0) is 24.6. The third-order valence-corrected chi connectivity index (χ3v) is 5.56. The third kappa shape index (κ3) is 6.03. The van der Waals surface area contributed by atoms with E-state index >= 15 is 0 Å². The van der Waals surface area contributed by atoms with Crippen LogP contribution in [0.2, 0.25) is 0 Å². The van der Waals surface area contributed by atoms with Gasteiger partial charge in [0.05, 0.1) is 0 Å². The maximum Gasteiger partial charge on any atom is 0.411 e. The fourth-order valence-corrected chi connectivity index (χ4v) is 4.02. The summed E-state index contributed by atoms with van der Waals surface area (Å²) in [6, 6.07) is 23.3. The van der Waals surface area contributed by atoms with Gasteiger partial charge in [-0.2, -0.15) is 0 Å². The molecule has 3 N–H and O–H groups in total. The highest BCUT2D eigenvalue weighted by molar-refractivity contribution is 5.92. The van der Waals surface area contributed by atoms with Crippen molar-refractivity contribution in [1.29, 1.82) is 0 Å². The smallest absolute Gasteiger partial charge is 0.411 e. The largest absolute Gasteiger partial charge is 0.478 e. The summed E-state index contributed by atoms with van der Waals surface area (Å²) >= 11 is 0. The Bertz CT molecular complexity index is 1270. The van der Waals surface area contributed by atoms with Crippen molar-refractivity contribution in [3.63, 3.8) is 0 Å². The van der Waals surface area contributed by atoms with Crippen LogP contribution >= 0.6 is 0 Å². The molecule has 7 heteroatoms. The number of carbonyl (C=O) groups excluding carboxylic acids is 2. The van der Waals surface area contributed by atoms with Gasteiger partial charge in [-0.15, -0.1) is 0 Å². The van der Waals surface area contributed by atoms with Gasteiger partial charge in [0, 0.05) is 30.3 Å². The predicted octanol–water partition coefficient (Wildman–Crippen LogP) is 4.82. The molecule has 0 unspecified atom stereocenters. The van der Waals surface area contributed by atoms with Gasteiger partial charge in [0.2, 0.25) is 5.91 Å². The first-order valence-electron chi connectivity index (χ1n) is 11.1. The van der Waals surface area contributed by atoms with Crippen molar-refractivity contribution in [3.05, 3.63) is 108 Å². The van der Waals surface area contributed by atoms with Crippen molar-refractivity contribution in [2.75, 3.05) is 18.5 Å². The average molecular weight is 469 g/mol. The monoisotopic (exact) mass is 468 g/mol. The van der Waals surface area contributed by atoms with Gasteiger partial charge >= 0.3 is 12.1 Å². The van der Waals surface area contributed by atoms with E-state index in [-0.39, 0.29) is 25.0 Å². The van der Waals surface area contributed by atoms with Crippen molar-refractivity contribution < 1.29 is 24.2 Å². The van der Waals surface area contributed by atoms with E-state index in [1.54, 1.807) is 30.3 Å². The molecule has 0 aliphatic heterocycles. The molecule has 0 saturated heterocycles. The number of aliphatic carboxylic acids is 1. The summed E-state index contributed by atoms with van der Waals surface area (Å²) in [4.78, 5) is 34.8. The van der Waals surface area contributed by atoms with Gasteiger partial charge in [-0.05, 0) is 46.0 Å². The average Bonchev–Trinajstić information content (AvgIpc) is 3.18. The number of hydrogen-bond donors (Lipinski definition) is 3. The van der Waals surface area contributed by atoms with Crippen molar-refractivity contribution >= 4 is 29.7 Å². The van der Waals surface area contributed by atoms with Crippen LogP contribution in [0.15, 0.2) is 91.0 Å². The Labute approximate surface area is 202 Å². The van der Waals surface area contributed by atoms with E-state index < -0.39 is 12.1 Å². The molecule has 0 atom stereocenters. The summed E-state index contributed by atoms with van der Waals surface area (Å²) in [5.74, 6) is -1.46. The van der Waals surface area contributed by atoms with Crippen LogP contribution in [0.25, 0.3) is 17.2 Å². The van der Waals surface area contributed by atoms with E-state index in [0.29, 0.717) is 11.3 Å². The Morgan fingerprint density at radius 2 is 1.57 bits per heavy atom. The maximum atomic E-state index is 12.5. The number of anilines is 1. The second-order valence-corrected chi connectivity index (χ2v) is 7.90. The molecule has 7 nitrogen and oxygen atoms in total. The van der Waals surface area contributed by atoms with Crippen LogP contribution < -0.4 is 10.6 Å². The number of benzene rings is 3. The van der Waals surface area contributed by atoms with Crippen molar-refractivity contribution in [1.82, 2.24) is 5.32 Å². The molecular weight excluding hydrogens is 444 g/mol. The van der Waals surface area contributed by atoms with Crippen LogP contribution in [-0.2, 0) is 14.3 Å². The third-order valence-electron chi connectivity index (χ3n) is 5.56. The Morgan fingerprint density at radius 3 is 2.26 bits per heavy atom. The molecule has 0 heterocycles. The fourth-order valence-electron chi connectivity index (χ4n) is 4.02. The molecule has 0 spiro atoms. The van der Waals surface area contributed by atoms with Gasteiger partial charge in [-0.1, -0.05) is 66.7 Å². The summed E-state index contributed by atoms with van der Waals surface area (Å²) in [6.07, 6.45) is 4.67. The predicted molar refractivity (Wildman–Crippen MR) is 134 cm³/mol. The minimum Gasteiger partial charge on any atom is -0.478 e. The molecule has 4 rings (SSSR count). The number of carbonyl (C=O) groups is 3. The van der Waals surface area contributed by atoms with Crippen LogP contribution in [-0.4, -0.2) is 36.2 Å². The first-order chi connectivity index (χ1) is 17.0. The zero-order valence-corrected chi connectivity index (χ0v) is 18.8. The summed E-state index contributed by atoms with van der Waals surface area (Å²) in [7, 11) is 0. The molecule has 0 fully saturated rings. The lowest BCUT2D eigenvalue weighted by Gasteiger charge is -2.14. The van der Waals surface area contributed by atoms with Gasteiger partial charge < -0.3 is 15.2 Å². The minimum absolute atomic E-state index is 0.0220. The van der Waals surface area contributed by atoms with E-state index in [2.05, 4.69) is 34.9 Å². The van der Waals surface area contributed by atoms with E-state index in [0.717, 1.165) is 17.2 Å². The lowest BCUT2D eigenvalue weighted by Crippen LogP contribution is -2.20. The second kappa shape index (κ2) is 11.0. The van der Waals surface area contributed by atoms with E-state index in [4.69, 9.17) is 9.84 Å². The number of amides is 2. The van der Waals surface area contributed by atoms with E-state index in [9.17, 15) is 14.4 Å². The van der Waals surface area contributed by atoms with Crippen molar-refractivity contribution in [3.8, 4) is 11.1 Å².